The summed E-state index contributed by atoms with van der Waals surface area (Å²) in [5, 5.41) is 10.1. The SMILES string of the molecule is CN(c1ncnc2[nH]ccc12)C1C[C@@H]2CN(C(=O)C(O)C(F)(F)F)C[C@@H]2C1. The van der Waals surface area contributed by atoms with Crippen LogP contribution < -0.4 is 4.90 Å². The lowest BCUT2D eigenvalue weighted by Crippen LogP contribution is -2.46. The van der Waals surface area contributed by atoms with Crippen LogP contribution in [-0.2, 0) is 4.79 Å². The summed E-state index contributed by atoms with van der Waals surface area (Å²) in [7, 11) is 1.96. The minimum atomic E-state index is -4.92. The Morgan fingerprint density at radius 1 is 1.33 bits per heavy atom. The quantitative estimate of drug-likeness (QED) is 0.840. The molecule has 2 aromatic heterocycles. The van der Waals surface area contributed by atoms with Gasteiger partial charge < -0.3 is 19.9 Å². The first-order chi connectivity index (χ1) is 12.8. The van der Waals surface area contributed by atoms with Gasteiger partial charge in [0, 0.05) is 32.4 Å². The van der Waals surface area contributed by atoms with Gasteiger partial charge in [0.15, 0.2) is 0 Å². The van der Waals surface area contributed by atoms with E-state index in [1.807, 2.05) is 13.1 Å². The van der Waals surface area contributed by atoms with Crippen molar-refractivity contribution < 1.29 is 23.1 Å². The number of aliphatic hydroxyl groups is 1. The largest absolute Gasteiger partial charge is 0.423 e. The van der Waals surface area contributed by atoms with E-state index in [-0.39, 0.29) is 31.0 Å². The summed E-state index contributed by atoms with van der Waals surface area (Å²) in [4.78, 5) is 26.8. The molecule has 7 nitrogen and oxygen atoms in total. The first-order valence-corrected chi connectivity index (χ1v) is 8.80. The summed E-state index contributed by atoms with van der Waals surface area (Å²) >= 11 is 0. The summed E-state index contributed by atoms with van der Waals surface area (Å²) in [5.74, 6) is -0.172. The molecule has 4 atom stereocenters. The number of anilines is 1. The van der Waals surface area contributed by atoms with E-state index in [0.29, 0.717) is 0 Å². The molecule has 0 bridgehead atoms. The van der Waals surface area contributed by atoms with Crippen molar-refractivity contribution in [2.75, 3.05) is 25.0 Å². The summed E-state index contributed by atoms with van der Waals surface area (Å²) in [6.45, 7) is 0.509. The van der Waals surface area contributed by atoms with Gasteiger partial charge in [0.25, 0.3) is 5.91 Å². The zero-order chi connectivity index (χ0) is 19.3. The molecule has 1 saturated carbocycles. The van der Waals surface area contributed by atoms with E-state index in [1.165, 1.54) is 6.33 Å². The summed E-state index contributed by atoms with van der Waals surface area (Å²) < 4.78 is 37.7. The fraction of sp³-hybridized carbons (Fsp3) is 0.588. The van der Waals surface area contributed by atoms with Crippen molar-refractivity contribution in [1.29, 1.82) is 0 Å². The highest BCUT2D eigenvalue weighted by Crippen LogP contribution is 2.42. The number of aliphatic hydroxyl groups excluding tert-OH is 1. The average Bonchev–Trinajstić information content (AvgIpc) is 3.32. The molecule has 27 heavy (non-hydrogen) atoms. The Kier molecular flexibility index (Phi) is 4.25. The lowest BCUT2D eigenvalue weighted by Gasteiger charge is -2.28. The first kappa shape index (κ1) is 18.0. The van der Waals surface area contributed by atoms with Gasteiger partial charge in [-0.15, -0.1) is 0 Å². The molecule has 2 unspecified atom stereocenters. The number of alkyl halides is 3. The third-order valence-electron chi connectivity index (χ3n) is 5.80. The lowest BCUT2D eigenvalue weighted by atomic mass is 10.0. The number of fused-ring (bicyclic) bond motifs is 2. The monoisotopic (exact) mass is 383 g/mol. The Bertz CT molecular complexity index is 840. The highest BCUT2D eigenvalue weighted by Gasteiger charge is 2.50. The highest BCUT2D eigenvalue weighted by atomic mass is 19.4. The number of rotatable bonds is 3. The van der Waals surface area contributed by atoms with Crippen LogP contribution in [0.3, 0.4) is 0 Å². The highest BCUT2D eigenvalue weighted by molar-refractivity contribution is 5.87. The fourth-order valence-electron chi connectivity index (χ4n) is 4.39. The number of carbonyl (C=O) groups is 1. The number of aromatic nitrogens is 3. The lowest BCUT2D eigenvalue weighted by molar-refractivity contribution is -0.210. The van der Waals surface area contributed by atoms with E-state index in [9.17, 15) is 23.1 Å². The second-order valence-electron chi connectivity index (χ2n) is 7.38. The number of nitrogens with zero attached hydrogens (tertiary/aromatic N) is 4. The summed E-state index contributed by atoms with van der Waals surface area (Å²) in [6, 6.07) is 2.10. The van der Waals surface area contributed by atoms with Crippen molar-refractivity contribution in [2.45, 2.75) is 31.2 Å². The van der Waals surface area contributed by atoms with Crippen LogP contribution in [0.5, 0.6) is 0 Å². The number of carbonyl (C=O) groups excluding carboxylic acids is 1. The van der Waals surface area contributed by atoms with Crippen LogP contribution in [-0.4, -0.2) is 69.3 Å². The number of amides is 1. The van der Waals surface area contributed by atoms with E-state index in [0.717, 1.165) is 34.6 Å². The molecule has 0 spiro atoms. The molecule has 146 valence electrons. The summed E-state index contributed by atoms with van der Waals surface area (Å²) in [5.41, 5.74) is 0.753. The van der Waals surface area contributed by atoms with Gasteiger partial charge in [-0.25, -0.2) is 9.97 Å². The molecule has 4 rings (SSSR count). The van der Waals surface area contributed by atoms with Crippen LogP contribution in [0.1, 0.15) is 12.8 Å². The van der Waals surface area contributed by atoms with Crippen molar-refractivity contribution in [3.63, 3.8) is 0 Å². The third-order valence-corrected chi connectivity index (χ3v) is 5.80. The Labute approximate surface area is 153 Å². The maximum absolute atomic E-state index is 12.6. The molecule has 1 aliphatic heterocycles. The van der Waals surface area contributed by atoms with Crippen LogP contribution in [0.2, 0.25) is 0 Å². The fourth-order valence-corrected chi connectivity index (χ4v) is 4.39. The van der Waals surface area contributed by atoms with E-state index in [2.05, 4.69) is 19.9 Å². The van der Waals surface area contributed by atoms with E-state index < -0.39 is 18.2 Å². The topological polar surface area (TPSA) is 85.4 Å². The number of likely N-dealkylation sites (tertiary alicyclic amines) is 1. The molecular formula is C17H20F3N5O2. The number of nitrogens with one attached hydrogen (secondary N) is 1. The first-order valence-electron chi connectivity index (χ1n) is 8.80. The molecule has 0 aromatic carbocycles. The smallest absolute Gasteiger partial charge is 0.376 e. The molecule has 2 aliphatic rings. The van der Waals surface area contributed by atoms with Gasteiger partial charge in [0.05, 0.1) is 5.39 Å². The molecule has 0 radical (unpaired) electrons. The Morgan fingerprint density at radius 2 is 2.00 bits per heavy atom. The van der Waals surface area contributed by atoms with Crippen LogP contribution in [0.15, 0.2) is 18.6 Å². The maximum atomic E-state index is 12.6. The maximum Gasteiger partial charge on any atom is 0.423 e. The number of halogens is 3. The molecule has 10 heteroatoms. The van der Waals surface area contributed by atoms with E-state index in [4.69, 9.17) is 0 Å². The molecule has 1 aliphatic carbocycles. The van der Waals surface area contributed by atoms with E-state index >= 15 is 0 Å². The molecule has 1 amide bonds. The van der Waals surface area contributed by atoms with Crippen LogP contribution in [0, 0.1) is 11.8 Å². The molecule has 2 fully saturated rings. The van der Waals surface area contributed by atoms with Gasteiger partial charge in [0.2, 0.25) is 6.10 Å². The van der Waals surface area contributed by atoms with Crippen LogP contribution in [0.25, 0.3) is 11.0 Å². The number of hydrogen-bond acceptors (Lipinski definition) is 5. The van der Waals surface area contributed by atoms with Gasteiger partial charge >= 0.3 is 6.18 Å². The van der Waals surface area contributed by atoms with Crippen molar-refractivity contribution in [3.8, 4) is 0 Å². The zero-order valence-electron chi connectivity index (χ0n) is 14.6. The average molecular weight is 383 g/mol. The minimum absolute atomic E-state index is 0.130. The minimum Gasteiger partial charge on any atom is -0.376 e. The summed E-state index contributed by atoms with van der Waals surface area (Å²) in [6.07, 6.45) is -3.02. The molecule has 2 N–H and O–H groups in total. The standard InChI is InChI=1S/C17H20F3N5O2/c1-24(15-12-2-3-21-14(12)22-8-23-15)11-4-9-6-25(7-10(9)5-11)16(27)13(26)17(18,19)20/h2-3,8-11,13,26H,4-7H2,1H3,(H,21,22,23)/t9-,10+,11?,13?. The van der Waals surface area contributed by atoms with Gasteiger partial charge in [-0.2, -0.15) is 13.2 Å². The third kappa shape index (κ3) is 3.11. The second kappa shape index (κ2) is 6.36. The van der Waals surface area contributed by atoms with Crippen molar-refractivity contribution in [3.05, 3.63) is 18.6 Å². The van der Waals surface area contributed by atoms with Gasteiger partial charge in [-0.05, 0) is 30.7 Å². The number of H-pyrrole nitrogens is 1. The van der Waals surface area contributed by atoms with Crippen LogP contribution >= 0.6 is 0 Å². The molecule has 1 saturated heterocycles. The zero-order valence-corrected chi connectivity index (χ0v) is 14.6. The Balaban J connectivity index is 1.43. The predicted molar refractivity (Wildman–Crippen MR) is 90.9 cm³/mol. The van der Waals surface area contributed by atoms with Crippen molar-refractivity contribution in [2.24, 2.45) is 11.8 Å². The van der Waals surface area contributed by atoms with Gasteiger partial charge in [0.1, 0.15) is 17.8 Å². The number of aromatic amines is 1. The van der Waals surface area contributed by atoms with Crippen molar-refractivity contribution in [1.82, 2.24) is 19.9 Å². The Morgan fingerprint density at radius 3 is 2.63 bits per heavy atom. The van der Waals surface area contributed by atoms with Gasteiger partial charge in [-0.3, -0.25) is 4.79 Å². The van der Waals surface area contributed by atoms with Crippen molar-refractivity contribution >= 4 is 22.8 Å². The number of hydrogen-bond donors (Lipinski definition) is 2. The molecule has 2 aromatic rings. The van der Waals surface area contributed by atoms with Gasteiger partial charge in [-0.1, -0.05) is 0 Å². The molecular weight excluding hydrogens is 363 g/mol. The normalized spacial score (nSPS) is 26.4. The second-order valence-corrected chi connectivity index (χ2v) is 7.38. The van der Waals surface area contributed by atoms with E-state index in [1.54, 1.807) is 6.20 Å². The predicted octanol–water partition coefficient (Wildman–Crippen LogP) is 1.55. The Hall–Kier alpha value is -2.36. The molecule has 3 heterocycles. The van der Waals surface area contributed by atoms with Crippen LogP contribution in [0.4, 0.5) is 19.0 Å².